The van der Waals surface area contributed by atoms with Gasteiger partial charge in [0, 0.05) is 30.6 Å². The average Bonchev–Trinajstić information content (AvgIpc) is 3.39. The molecule has 1 aliphatic carbocycles. The van der Waals surface area contributed by atoms with Crippen LogP contribution >= 0.6 is 0 Å². The number of nitrogens with zero attached hydrogens (tertiary/aromatic N) is 1. The van der Waals surface area contributed by atoms with E-state index in [1.54, 1.807) is 0 Å². The van der Waals surface area contributed by atoms with Gasteiger partial charge in [-0.3, -0.25) is 9.59 Å². The average molecular weight is 340 g/mol. The molecule has 3 rings (SSSR count). The molecule has 0 atom stereocenters. The van der Waals surface area contributed by atoms with Crippen LogP contribution in [0.1, 0.15) is 41.6 Å². The van der Waals surface area contributed by atoms with Crippen LogP contribution in [0.2, 0.25) is 0 Å². The van der Waals surface area contributed by atoms with E-state index in [4.69, 9.17) is 0 Å². The molecule has 4 nitrogen and oxygen atoms in total. The predicted octanol–water partition coefficient (Wildman–Crippen LogP) is 2.84. The quantitative estimate of drug-likeness (QED) is 0.920. The van der Waals surface area contributed by atoms with Gasteiger partial charge in [-0.25, -0.2) is 0 Å². The summed E-state index contributed by atoms with van der Waals surface area (Å²) >= 11 is 0. The van der Waals surface area contributed by atoms with Crippen LogP contribution in [0.4, 0.5) is 13.2 Å². The van der Waals surface area contributed by atoms with Crippen LogP contribution in [-0.4, -0.2) is 35.8 Å². The maximum Gasteiger partial charge on any atom is 0.416 e. The number of piperidine rings is 1. The van der Waals surface area contributed by atoms with Gasteiger partial charge in [0.15, 0.2) is 0 Å². The Morgan fingerprint density at radius 3 is 2.08 bits per heavy atom. The third-order valence-corrected chi connectivity index (χ3v) is 4.54. The second-order valence-electron chi connectivity index (χ2n) is 6.42. The van der Waals surface area contributed by atoms with Crippen LogP contribution in [0.25, 0.3) is 0 Å². The molecule has 2 fully saturated rings. The highest BCUT2D eigenvalue weighted by atomic mass is 19.4. The standard InChI is InChI=1S/C17H19F3N2O2/c18-17(19,20)13-5-3-11(4-6-13)15(23)21-14-7-9-22(10-8-14)16(24)12-1-2-12/h3-6,12,14H,1-2,7-10H2,(H,21,23). The lowest BCUT2D eigenvalue weighted by Gasteiger charge is -2.32. The summed E-state index contributed by atoms with van der Waals surface area (Å²) in [7, 11) is 0. The molecule has 7 heteroatoms. The van der Waals surface area contributed by atoms with Crippen molar-refractivity contribution in [2.45, 2.75) is 37.9 Å². The van der Waals surface area contributed by atoms with Crippen LogP contribution in [0, 0.1) is 5.92 Å². The van der Waals surface area contributed by atoms with Crippen molar-refractivity contribution in [1.29, 1.82) is 0 Å². The van der Waals surface area contributed by atoms with Crippen LogP contribution < -0.4 is 5.32 Å². The minimum absolute atomic E-state index is 0.0527. The molecule has 1 saturated carbocycles. The molecule has 0 aromatic heterocycles. The molecule has 1 aromatic rings. The van der Waals surface area contributed by atoms with Gasteiger partial charge < -0.3 is 10.2 Å². The second-order valence-corrected chi connectivity index (χ2v) is 6.42. The Morgan fingerprint density at radius 2 is 1.58 bits per heavy atom. The number of amides is 2. The van der Waals surface area contributed by atoms with Crippen molar-refractivity contribution in [2.75, 3.05) is 13.1 Å². The second kappa shape index (κ2) is 6.45. The van der Waals surface area contributed by atoms with E-state index in [2.05, 4.69) is 5.32 Å². The van der Waals surface area contributed by atoms with E-state index in [1.165, 1.54) is 12.1 Å². The Bertz CT molecular complexity index is 616. The molecule has 2 aliphatic rings. The number of halogens is 3. The summed E-state index contributed by atoms with van der Waals surface area (Å²) in [5.41, 5.74) is -0.564. The van der Waals surface area contributed by atoms with Crippen molar-refractivity contribution in [3.63, 3.8) is 0 Å². The molecule has 0 radical (unpaired) electrons. The number of nitrogens with one attached hydrogen (secondary N) is 1. The minimum atomic E-state index is -4.41. The molecule has 0 unspecified atom stereocenters. The monoisotopic (exact) mass is 340 g/mol. The minimum Gasteiger partial charge on any atom is -0.349 e. The molecule has 130 valence electrons. The number of alkyl halides is 3. The summed E-state index contributed by atoms with van der Waals surface area (Å²) < 4.78 is 37.6. The Kier molecular flexibility index (Phi) is 4.51. The van der Waals surface area contributed by atoms with Gasteiger partial charge >= 0.3 is 6.18 Å². The third-order valence-electron chi connectivity index (χ3n) is 4.54. The Hall–Kier alpha value is -2.05. The topological polar surface area (TPSA) is 49.4 Å². The van der Waals surface area contributed by atoms with Crippen molar-refractivity contribution in [3.8, 4) is 0 Å². The van der Waals surface area contributed by atoms with E-state index < -0.39 is 11.7 Å². The molecule has 1 saturated heterocycles. The van der Waals surface area contributed by atoms with Gasteiger partial charge in [-0.1, -0.05) is 0 Å². The Balaban J connectivity index is 1.51. The van der Waals surface area contributed by atoms with Gasteiger partial charge in [0.05, 0.1) is 5.56 Å². The van der Waals surface area contributed by atoms with Crippen molar-refractivity contribution in [2.24, 2.45) is 5.92 Å². The molecular weight excluding hydrogens is 321 g/mol. The largest absolute Gasteiger partial charge is 0.416 e. The normalized spacial score (nSPS) is 19.2. The van der Waals surface area contributed by atoms with E-state index in [-0.39, 0.29) is 29.3 Å². The molecule has 2 amide bonds. The van der Waals surface area contributed by atoms with Gasteiger partial charge in [-0.2, -0.15) is 13.2 Å². The smallest absolute Gasteiger partial charge is 0.349 e. The molecule has 0 bridgehead atoms. The number of likely N-dealkylation sites (tertiary alicyclic amines) is 1. The lowest BCUT2D eigenvalue weighted by molar-refractivity contribution is -0.137. The first kappa shape index (κ1) is 16.8. The maximum atomic E-state index is 12.5. The maximum absolute atomic E-state index is 12.5. The molecule has 24 heavy (non-hydrogen) atoms. The summed E-state index contributed by atoms with van der Waals surface area (Å²) in [5.74, 6) is 0.0292. The van der Waals surface area contributed by atoms with E-state index in [0.29, 0.717) is 25.9 Å². The highest BCUT2D eigenvalue weighted by molar-refractivity contribution is 5.94. The first-order valence-corrected chi connectivity index (χ1v) is 8.11. The highest BCUT2D eigenvalue weighted by Crippen LogP contribution is 2.32. The fourth-order valence-corrected chi connectivity index (χ4v) is 2.91. The molecule has 0 spiro atoms. The van der Waals surface area contributed by atoms with Gasteiger partial charge in [-0.05, 0) is 49.9 Å². The van der Waals surface area contributed by atoms with E-state index in [0.717, 1.165) is 25.0 Å². The number of carbonyl (C=O) groups is 2. The van der Waals surface area contributed by atoms with Gasteiger partial charge in [0.1, 0.15) is 0 Å². The van der Waals surface area contributed by atoms with Crippen LogP contribution in [0.3, 0.4) is 0 Å². The molecule has 1 heterocycles. The van der Waals surface area contributed by atoms with E-state index >= 15 is 0 Å². The zero-order valence-electron chi connectivity index (χ0n) is 13.1. The molecular formula is C17H19F3N2O2. The fraction of sp³-hybridized carbons (Fsp3) is 0.529. The molecule has 1 aliphatic heterocycles. The van der Waals surface area contributed by atoms with Gasteiger partial charge in [-0.15, -0.1) is 0 Å². The van der Waals surface area contributed by atoms with Crippen molar-refractivity contribution in [1.82, 2.24) is 10.2 Å². The number of hydrogen-bond acceptors (Lipinski definition) is 2. The SMILES string of the molecule is O=C(NC1CCN(C(=O)C2CC2)CC1)c1ccc(C(F)(F)F)cc1. The fourth-order valence-electron chi connectivity index (χ4n) is 2.91. The number of benzene rings is 1. The zero-order valence-corrected chi connectivity index (χ0v) is 13.1. The summed E-state index contributed by atoms with van der Waals surface area (Å²) in [4.78, 5) is 26.0. The van der Waals surface area contributed by atoms with Crippen LogP contribution in [-0.2, 0) is 11.0 Å². The number of carbonyl (C=O) groups excluding carboxylic acids is 2. The first-order chi connectivity index (χ1) is 11.3. The highest BCUT2D eigenvalue weighted by Gasteiger charge is 2.35. The third kappa shape index (κ3) is 3.88. The van der Waals surface area contributed by atoms with Crippen LogP contribution in [0.5, 0.6) is 0 Å². The molecule has 1 aromatic carbocycles. The Labute approximate surface area is 138 Å². The summed E-state index contributed by atoms with van der Waals surface area (Å²) in [5, 5.41) is 2.84. The van der Waals surface area contributed by atoms with Crippen molar-refractivity contribution < 1.29 is 22.8 Å². The summed E-state index contributed by atoms with van der Waals surface area (Å²) in [6, 6.07) is 4.13. The lowest BCUT2D eigenvalue weighted by atomic mass is 10.0. The number of hydrogen-bond donors (Lipinski definition) is 1. The predicted molar refractivity (Wildman–Crippen MR) is 81.2 cm³/mol. The summed E-state index contributed by atoms with van der Waals surface area (Å²) in [6.45, 7) is 1.24. The number of rotatable bonds is 3. The van der Waals surface area contributed by atoms with E-state index in [9.17, 15) is 22.8 Å². The van der Waals surface area contributed by atoms with Gasteiger partial charge in [0.25, 0.3) is 5.91 Å². The zero-order chi connectivity index (χ0) is 17.3. The van der Waals surface area contributed by atoms with Gasteiger partial charge in [0.2, 0.25) is 5.91 Å². The van der Waals surface area contributed by atoms with E-state index in [1.807, 2.05) is 4.90 Å². The first-order valence-electron chi connectivity index (χ1n) is 8.11. The van der Waals surface area contributed by atoms with Crippen molar-refractivity contribution >= 4 is 11.8 Å². The Morgan fingerprint density at radius 1 is 1.00 bits per heavy atom. The molecule has 1 N–H and O–H groups in total. The summed E-state index contributed by atoms with van der Waals surface area (Å²) in [6.07, 6.45) is -1.11. The van der Waals surface area contributed by atoms with Crippen molar-refractivity contribution in [3.05, 3.63) is 35.4 Å². The van der Waals surface area contributed by atoms with Crippen LogP contribution in [0.15, 0.2) is 24.3 Å². The lowest BCUT2D eigenvalue weighted by Crippen LogP contribution is -2.47.